The fraction of sp³-hybridized carbons (Fsp3) is 0.357. The van der Waals surface area contributed by atoms with Crippen LogP contribution >= 0.6 is 0 Å². The molecule has 1 aliphatic rings. The number of benzene rings is 1. The van der Waals surface area contributed by atoms with Crippen LogP contribution in [0.25, 0.3) is 0 Å². The maximum Gasteiger partial charge on any atom is 0.330 e. The lowest BCUT2D eigenvalue weighted by Gasteiger charge is -2.08. The van der Waals surface area contributed by atoms with Gasteiger partial charge < -0.3 is 14.6 Å². The van der Waals surface area contributed by atoms with Crippen molar-refractivity contribution in [1.29, 1.82) is 0 Å². The monoisotopic (exact) mass is 248 g/mol. The molecule has 2 rings (SSSR count). The van der Waals surface area contributed by atoms with Crippen LogP contribution in [0.15, 0.2) is 29.8 Å². The zero-order chi connectivity index (χ0) is 13.1. The highest BCUT2D eigenvalue weighted by Crippen LogP contribution is 2.33. The number of carbonyl (C=O) groups is 1. The highest BCUT2D eigenvalue weighted by atomic mass is 16.7. The van der Waals surface area contributed by atoms with E-state index in [4.69, 9.17) is 14.6 Å². The molecule has 4 heteroatoms. The molecule has 0 aliphatic carbocycles. The molecular weight excluding hydrogens is 232 g/mol. The Labute approximate surface area is 106 Å². The van der Waals surface area contributed by atoms with Crippen molar-refractivity contribution in [1.82, 2.24) is 0 Å². The Morgan fingerprint density at radius 1 is 1.44 bits per heavy atom. The van der Waals surface area contributed by atoms with E-state index in [1.807, 2.05) is 25.1 Å². The fourth-order valence-corrected chi connectivity index (χ4v) is 2.00. The number of carboxylic acids is 1. The second-order valence-corrected chi connectivity index (χ2v) is 4.52. The molecular formula is C14H16O4. The third-order valence-corrected chi connectivity index (χ3v) is 2.87. The molecule has 1 aromatic rings. The van der Waals surface area contributed by atoms with E-state index in [2.05, 4.69) is 0 Å². The molecule has 1 unspecified atom stereocenters. The van der Waals surface area contributed by atoms with Crippen LogP contribution in [0.3, 0.4) is 0 Å². The molecule has 18 heavy (non-hydrogen) atoms. The van der Waals surface area contributed by atoms with Crippen molar-refractivity contribution in [2.24, 2.45) is 5.92 Å². The predicted octanol–water partition coefficient (Wildman–Crippen LogP) is 2.62. The average molecular weight is 248 g/mol. The molecule has 1 heterocycles. The maximum atomic E-state index is 10.7. The van der Waals surface area contributed by atoms with E-state index >= 15 is 0 Å². The summed E-state index contributed by atoms with van der Waals surface area (Å²) in [5, 5.41) is 8.82. The molecule has 0 amide bonds. The standard InChI is InChI=1S/C14H16O4/c1-9(5-10(2)14(15)16)6-11-3-4-12-13(7-11)18-8-17-12/h3-5,7,9H,6,8H2,1-2H3,(H,15,16)/b10-5+. The third kappa shape index (κ3) is 2.83. The number of fused-ring (bicyclic) bond motifs is 1. The SMILES string of the molecule is C/C(=C\C(C)Cc1ccc2c(c1)OCO2)C(=O)O. The van der Waals surface area contributed by atoms with Gasteiger partial charge in [-0.05, 0) is 37.0 Å². The lowest BCUT2D eigenvalue weighted by Crippen LogP contribution is -2.02. The summed E-state index contributed by atoms with van der Waals surface area (Å²) in [6, 6.07) is 5.81. The predicted molar refractivity (Wildman–Crippen MR) is 66.8 cm³/mol. The minimum Gasteiger partial charge on any atom is -0.478 e. The van der Waals surface area contributed by atoms with Crippen LogP contribution in [0.1, 0.15) is 19.4 Å². The van der Waals surface area contributed by atoms with E-state index in [-0.39, 0.29) is 12.7 Å². The first-order valence-corrected chi connectivity index (χ1v) is 5.86. The summed E-state index contributed by atoms with van der Waals surface area (Å²) >= 11 is 0. The van der Waals surface area contributed by atoms with Gasteiger partial charge in [-0.3, -0.25) is 0 Å². The summed E-state index contributed by atoms with van der Waals surface area (Å²) in [4.78, 5) is 10.7. The smallest absolute Gasteiger partial charge is 0.330 e. The molecule has 1 aromatic carbocycles. The molecule has 0 spiro atoms. The Morgan fingerprint density at radius 3 is 2.89 bits per heavy atom. The van der Waals surface area contributed by atoms with Crippen molar-refractivity contribution in [3.05, 3.63) is 35.4 Å². The molecule has 0 fully saturated rings. The minimum absolute atomic E-state index is 0.168. The van der Waals surface area contributed by atoms with Gasteiger partial charge in [0.15, 0.2) is 11.5 Å². The molecule has 96 valence electrons. The minimum atomic E-state index is -0.868. The van der Waals surface area contributed by atoms with Crippen molar-refractivity contribution in [2.75, 3.05) is 6.79 Å². The first kappa shape index (κ1) is 12.5. The topological polar surface area (TPSA) is 55.8 Å². The molecule has 0 bridgehead atoms. The van der Waals surface area contributed by atoms with Crippen molar-refractivity contribution < 1.29 is 19.4 Å². The molecule has 0 saturated heterocycles. The largest absolute Gasteiger partial charge is 0.478 e. The highest BCUT2D eigenvalue weighted by Gasteiger charge is 2.14. The van der Waals surface area contributed by atoms with Crippen LogP contribution in [-0.2, 0) is 11.2 Å². The Bertz CT molecular complexity index is 491. The Morgan fingerprint density at radius 2 is 2.17 bits per heavy atom. The van der Waals surface area contributed by atoms with Crippen LogP contribution in [0, 0.1) is 5.92 Å². The summed E-state index contributed by atoms with van der Waals surface area (Å²) in [5.74, 6) is 0.830. The Hall–Kier alpha value is -1.97. The molecule has 1 N–H and O–H groups in total. The first-order chi connectivity index (χ1) is 8.56. The number of ether oxygens (including phenoxy) is 2. The van der Waals surface area contributed by atoms with Crippen molar-refractivity contribution >= 4 is 5.97 Å². The quantitative estimate of drug-likeness (QED) is 0.832. The van der Waals surface area contributed by atoms with Gasteiger partial charge in [-0.2, -0.15) is 0 Å². The van der Waals surface area contributed by atoms with Crippen molar-refractivity contribution in [2.45, 2.75) is 20.3 Å². The van der Waals surface area contributed by atoms with Gasteiger partial charge in [-0.1, -0.05) is 19.1 Å². The van der Waals surface area contributed by atoms with Gasteiger partial charge in [-0.15, -0.1) is 0 Å². The summed E-state index contributed by atoms with van der Waals surface area (Å²) in [6.07, 6.45) is 2.55. The van der Waals surface area contributed by atoms with Crippen molar-refractivity contribution in [3.8, 4) is 11.5 Å². The Kier molecular flexibility index (Phi) is 3.55. The zero-order valence-corrected chi connectivity index (χ0v) is 10.5. The summed E-state index contributed by atoms with van der Waals surface area (Å²) in [5.41, 5.74) is 1.49. The lowest BCUT2D eigenvalue weighted by molar-refractivity contribution is -0.132. The number of carboxylic acid groups (broad SMARTS) is 1. The van der Waals surface area contributed by atoms with E-state index in [1.165, 1.54) is 0 Å². The molecule has 0 aromatic heterocycles. The lowest BCUT2D eigenvalue weighted by atomic mass is 9.98. The summed E-state index contributed by atoms with van der Waals surface area (Å²) < 4.78 is 10.6. The molecule has 4 nitrogen and oxygen atoms in total. The number of hydrogen-bond acceptors (Lipinski definition) is 3. The maximum absolute atomic E-state index is 10.7. The van der Waals surface area contributed by atoms with Gasteiger partial charge in [0.05, 0.1) is 0 Å². The van der Waals surface area contributed by atoms with Crippen LogP contribution in [-0.4, -0.2) is 17.9 Å². The normalized spacial score (nSPS) is 15.6. The number of rotatable bonds is 4. The van der Waals surface area contributed by atoms with E-state index in [1.54, 1.807) is 13.0 Å². The van der Waals surface area contributed by atoms with Gasteiger partial charge in [0.25, 0.3) is 0 Å². The van der Waals surface area contributed by atoms with Crippen LogP contribution in [0.5, 0.6) is 11.5 Å². The first-order valence-electron chi connectivity index (χ1n) is 5.86. The van der Waals surface area contributed by atoms with E-state index in [9.17, 15) is 4.79 Å². The average Bonchev–Trinajstić information content (AvgIpc) is 2.75. The number of allylic oxidation sites excluding steroid dienone is 1. The van der Waals surface area contributed by atoms with Gasteiger partial charge in [0.2, 0.25) is 6.79 Å². The van der Waals surface area contributed by atoms with Crippen LogP contribution in [0.2, 0.25) is 0 Å². The van der Waals surface area contributed by atoms with E-state index in [0.717, 1.165) is 23.5 Å². The molecule has 0 saturated carbocycles. The highest BCUT2D eigenvalue weighted by molar-refractivity contribution is 5.85. The van der Waals surface area contributed by atoms with E-state index in [0.29, 0.717) is 5.57 Å². The van der Waals surface area contributed by atoms with Crippen molar-refractivity contribution in [3.63, 3.8) is 0 Å². The van der Waals surface area contributed by atoms with Crippen LogP contribution in [0.4, 0.5) is 0 Å². The molecule has 1 aliphatic heterocycles. The summed E-state index contributed by atoms with van der Waals surface area (Å²) in [6.45, 7) is 3.88. The van der Waals surface area contributed by atoms with Gasteiger partial charge in [-0.25, -0.2) is 4.79 Å². The molecule has 1 atom stereocenters. The summed E-state index contributed by atoms with van der Waals surface area (Å²) in [7, 11) is 0. The second-order valence-electron chi connectivity index (χ2n) is 4.52. The zero-order valence-electron chi connectivity index (χ0n) is 10.5. The molecule has 0 radical (unpaired) electrons. The Balaban J connectivity index is 2.05. The van der Waals surface area contributed by atoms with Crippen LogP contribution < -0.4 is 9.47 Å². The van der Waals surface area contributed by atoms with Gasteiger partial charge >= 0.3 is 5.97 Å². The van der Waals surface area contributed by atoms with Gasteiger partial charge in [0, 0.05) is 5.57 Å². The number of aliphatic carboxylic acids is 1. The second kappa shape index (κ2) is 5.12. The van der Waals surface area contributed by atoms with Gasteiger partial charge in [0.1, 0.15) is 0 Å². The fourth-order valence-electron chi connectivity index (χ4n) is 2.00. The third-order valence-electron chi connectivity index (χ3n) is 2.87. The van der Waals surface area contributed by atoms with E-state index < -0.39 is 5.97 Å². The number of hydrogen-bond donors (Lipinski definition) is 1.